The van der Waals surface area contributed by atoms with Crippen molar-refractivity contribution in [2.45, 2.75) is 44.3 Å². The van der Waals surface area contributed by atoms with Crippen molar-refractivity contribution in [1.82, 2.24) is 16.0 Å². The molecule has 164 valence electrons. The Morgan fingerprint density at radius 3 is 2.27 bits per heavy atom. The first-order chi connectivity index (χ1) is 14.1. The number of carbonyl (C=O) groups is 5. The number of benzene rings is 1. The molecule has 0 aliphatic rings. The lowest BCUT2D eigenvalue weighted by molar-refractivity contribution is -0.138. The van der Waals surface area contributed by atoms with Crippen LogP contribution < -0.4 is 21.7 Å². The Labute approximate surface area is 173 Å². The van der Waals surface area contributed by atoms with E-state index in [1.807, 2.05) is 0 Å². The molecule has 0 heterocycles. The lowest BCUT2D eigenvalue weighted by atomic mass is 10.0. The minimum Gasteiger partial charge on any atom is -0.508 e. The van der Waals surface area contributed by atoms with Gasteiger partial charge in [0.25, 0.3) is 0 Å². The Hall–Kier alpha value is -3.47. The monoisotopic (exact) mass is 422 g/mol. The van der Waals surface area contributed by atoms with E-state index in [4.69, 9.17) is 10.8 Å². The summed E-state index contributed by atoms with van der Waals surface area (Å²) in [4.78, 5) is 57.8. The average molecular weight is 422 g/mol. The largest absolute Gasteiger partial charge is 0.508 e. The molecular formula is C19H26N4O7. The van der Waals surface area contributed by atoms with Crippen LogP contribution in [0.1, 0.15) is 25.3 Å². The van der Waals surface area contributed by atoms with Crippen LogP contribution in [0.4, 0.5) is 0 Å². The second kappa shape index (κ2) is 12.2. The number of hydrogen-bond acceptors (Lipinski definition) is 7. The summed E-state index contributed by atoms with van der Waals surface area (Å²) in [5.74, 6) is -3.13. The molecule has 0 saturated heterocycles. The zero-order chi connectivity index (χ0) is 22.7. The number of phenols is 1. The van der Waals surface area contributed by atoms with Gasteiger partial charge in [-0.05, 0) is 37.5 Å². The van der Waals surface area contributed by atoms with E-state index >= 15 is 0 Å². The van der Waals surface area contributed by atoms with Crippen LogP contribution in [0.15, 0.2) is 24.3 Å². The van der Waals surface area contributed by atoms with Gasteiger partial charge in [0.2, 0.25) is 17.7 Å². The van der Waals surface area contributed by atoms with Gasteiger partial charge in [-0.1, -0.05) is 12.1 Å². The fraction of sp³-hybridized carbons (Fsp3) is 0.421. The molecule has 0 radical (unpaired) electrons. The number of aliphatic carboxylic acids is 1. The molecule has 11 heteroatoms. The number of carboxylic acids is 1. The maximum atomic E-state index is 12.5. The van der Waals surface area contributed by atoms with E-state index in [-0.39, 0.29) is 25.1 Å². The molecule has 1 aromatic rings. The van der Waals surface area contributed by atoms with Crippen LogP contribution in [0.2, 0.25) is 0 Å². The molecule has 0 aliphatic carbocycles. The summed E-state index contributed by atoms with van der Waals surface area (Å²) in [5.41, 5.74) is 6.56. The molecule has 3 atom stereocenters. The molecule has 1 aromatic carbocycles. The van der Waals surface area contributed by atoms with Crippen molar-refractivity contribution in [3.8, 4) is 5.75 Å². The van der Waals surface area contributed by atoms with Gasteiger partial charge in [-0.15, -0.1) is 0 Å². The standard InChI is InChI=1S/C19H26N4O7/c1-11(17(28)21-8-9-24)22-19(30)15(6-7-16(26)27)23-18(29)14(20)10-12-2-4-13(25)5-3-12/h2-5,9,11,14-15,25H,6-8,10,20H2,1H3,(H,21,28)(H,22,30)(H,23,29)(H,26,27)/t11-,14-,15-/m0/s1. The van der Waals surface area contributed by atoms with Crippen LogP contribution >= 0.6 is 0 Å². The van der Waals surface area contributed by atoms with E-state index in [9.17, 15) is 29.1 Å². The first-order valence-corrected chi connectivity index (χ1v) is 9.21. The van der Waals surface area contributed by atoms with Gasteiger partial charge in [-0.3, -0.25) is 19.2 Å². The van der Waals surface area contributed by atoms with Crippen LogP contribution in [-0.2, 0) is 30.4 Å². The van der Waals surface area contributed by atoms with E-state index < -0.39 is 48.2 Å². The maximum absolute atomic E-state index is 12.5. The number of aromatic hydroxyl groups is 1. The van der Waals surface area contributed by atoms with Crippen molar-refractivity contribution in [2.24, 2.45) is 5.73 Å². The van der Waals surface area contributed by atoms with Crippen molar-refractivity contribution < 1.29 is 34.2 Å². The molecule has 0 spiro atoms. The van der Waals surface area contributed by atoms with Crippen LogP contribution in [0.3, 0.4) is 0 Å². The number of rotatable bonds is 12. The number of carboxylic acid groups (broad SMARTS) is 1. The van der Waals surface area contributed by atoms with E-state index in [1.54, 1.807) is 12.1 Å². The van der Waals surface area contributed by atoms with Gasteiger partial charge in [-0.2, -0.15) is 0 Å². The summed E-state index contributed by atoms with van der Waals surface area (Å²) < 4.78 is 0. The predicted molar refractivity (Wildman–Crippen MR) is 105 cm³/mol. The van der Waals surface area contributed by atoms with Gasteiger partial charge in [0, 0.05) is 6.42 Å². The van der Waals surface area contributed by atoms with Crippen LogP contribution in [0, 0.1) is 0 Å². The molecule has 0 bridgehead atoms. The number of carbonyl (C=O) groups excluding carboxylic acids is 4. The summed E-state index contributed by atoms with van der Waals surface area (Å²) in [5, 5.41) is 25.2. The summed E-state index contributed by atoms with van der Waals surface area (Å²) in [6.07, 6.45) is 0.0144. The molecule has 0 saturated carbocycles. The third kappa shape index (κ3) is 8.69. The van der Waals surface area contributed by atoms with E-state index in [1.165, 1.54) is 19.1 Å². The normalized spacial score (nSPS) is 13.4. The molecular weight excluding hydrogens is 396 g/mol. The van der Waals surface area contributed by atoms with E-state index in [2.05, 4.69) is 16.0 Å². The summed E-state index contributed by atoms with van der Waals surface area (Å²) in [6.45, 7) is 1.16. The predicted octanol–water partition coefficient (Wildman–Crippen LogP) is -1.57. The van der Waals surface area contributed by atoms with E-state index in [0.717, 1.165) is 0 Å². The number of nitrogens with two attached hydrogens (primary N) is 1. The van der Waals surface area contributed by atoms with Crippen molar-refractivity contribution in [3.63, 3.8) is 0 Å². The van der Waals surface area contributed by atoms with Crippen molar-refractivity contribution in [3.05, 3.63) is 29.8 Å². The van der Waals surface area contributed by atoms with Gasteiger partial charge in [0.05, 0.1) is 12.6 Å². The Kier molecular flexibility index (Phi) is 9.97. The summed E-state index contributed by atoms with van der Waals surface area (Å²) >= 11 is 0. The van der Waals surface area contributed by atoms with Gasteiger partial charge in [-0.25, -0.2) is 0 Å². The molecule has 3 amide bonds. The van der Waals surface area contributed by atoms with Gasteiger partial charge >= 0.3 is 5.97 Å². The van der Waals surface area contributed by atoms with Gasteiger partial charge in [0.1, 0.15) is 24.1 Å². The number of nitrogens with one attached hydrogen (secondary N) is 3. The highest BCUT2D eigenvalue weighted by Gasteiger charge is 2.27. The van der Waals surface area contributed by atoms with Crippen LogP contribution in [0.5, 0.6) is 5.75 Å². The average Bonchev–Trinajstić information content (AvgIpc) is 2.70. The topological polar surface area (TPSA) is 188 Å². The SMILES string of the molecule is C[C@H](NC(=O)[C@H](CCC(=O)O)NC(=O)[C@@H](N)Cc1ccc(O)cc1)C(=O)NCC=O. The Bertz CT molecular complexity index is 767. The smallest absolute Gasteiger partial charge is 0.303 e. The molecule has 1 rings (SSSR count). The van der Waals surface area contributed by atoms with Crippen molar-refractivity contribution in [1.29, 1.82) is 0 Å². The molecule has 30 heavy (non-hydrogen) atoms. The lowest BCUT2D eigenvalue weighted by Crippen LogP contribution is -2.55. The summed E-state index contributed by atoms with van der Waals surface area (Å²) in [6, 6.07) is 2.82. The van der Waals surface area contributed by atoms with Crippen molar-refractivity contribution in [2.75, 3.05) is 6.54 Å². The number of aldehydes is 1. The molecule has 11 nitrogen and oxygen atoms in total. The summed E-state index contributed by atoms with van der Waals surface area (Å²) in [7, 11) is 0. The fourth-order valence-corrected chi connectivity index (χ4v) is 2.47. The number of phenolic OH excluding ortho intramolecular Hbond substituents is 1. The molecule has 0 aromatic heterocycles. The third-order valence-electron chi connectivity index (χ3n) is 4.12. The first-order valence-electron chi connectivity index (χ1n) is 9.21. The molecule has 0 unspecified atom stereocenters. The second-order valence-corrected chi connectivity index (χ2v) is 6.61. The van der Waals surface area contributed by atoms with Crippen molar-refractivity contribution >= 4 is 30.0 Å². The van der Waals surface area contributed by atoms with Gasteiger partial charge in [0.15, 0.2) is 0 Å². The molecule has 0 fully saturated rings. The lowest BCUT2D eigenvalue weighted by Gasteiger charge is -2.22. The highest BCUT2D eigenvalue weighted by Crippen LogP contribution is 2.11. The Morgan fingerprint density at radius 2 is 1.70 bits per heavy atom. The zero-order valence-corrected chi connectivity index (χ0v) is 16.5. The van der Waals surface area contributed by atoms with Crippen LogP contribution in [0.25, 0.3) is 0 Å². The third-order valence-corrected chi connectivity index (χ3v) is 4.12. The minimum absolute atomic E-state index is 0.0634. The maximum Gasteiger partial charge on any atom is 0.303 e. The number of hydrogen-bond donors (Lipinski definition) is 6. The second-order valence-electron chi connectivity index (χ2n) is 6.61. The molecule has 7 N–H and O–H groups in total. The quantitative estimate of drug-likeness (QED) is 0.218. The highest BCUT2D eigenvalue weighted by atomic mass is 16.4. The zero-order valence-electron chi connectivity index (χ0n) is 16.5. The van der Waals surface area contributed by atoms with Gasteiger partial charge < -0.3 is 36.7 Å². The highest BCUT2D eigenvalue weighted by molar-refractivity contribution is 5.93. The van der Waals surface area contributed by atoms with E-state index in [0.29, 0.717) is 11.8 Å². The van der Waals surface area contributed by atoms with Crippen LogP contribution in [-0.4, -0.2) is 64.9 Å². The number of amides is 3. The Balaban J connectivity index is 2.75. The minimum atomic E-state index is -1.22. The first kappa shape index (κ1) is 24.6. The Morgan fingerprint density at radius 1 is 1.07 bits per heavy atom. The molecule has 0 aliphatic heterocycles. The fourth-order valence-electron chi connectivity index (χ4n) is 2.47.